The van der Waals surface area contributed by atoms with E-state index in [0.29, 0.717) is 0 Å². The molecule has 0 unspecified atom stereocenters. The lowest BCUT2D eigenvalue weighted by Gasteiger charge is -2.29. The molecule has 0 rings (SSSR count). The van der Waals surface area contributed by atoms with Gasteiger partial charge in [-0.2, -0.15) is 43.9 Å². The summed E-state index contributed by atoms with van der Waals surface area (Å²) in [5.41, 5.74) is 11.0. The van der Waals surface area contributed by atoms with Crippen molar-refractivity contribution in [2.45, 2.75) is 24.2 Å². The Bertz CT molecular complexity index is 257. The first-order valence-electron chi connectivity index (χ1n) is 3.09. The van der Waals surface area contributed by atoms with Crippen LogP contribution in [0.4, 0.5) is 43.9 Å². The molecule has 0 saturated carbocycles. The second-order valence-corrected chi connectivity index (χ2v) is 2.26. The Morgan fingerprint density at radius 2 is 0.647 bits per heavy atom. The monoisotopic (exact) mass is 282 g/mol. The number of rotatable bonds is 1. The van der Waals surface area contributed by atoms with E-state index in [0.717, 1.165) is 0 Å². The highest BCUT2D eigenvalue weighted by Gasteiger charge is 2.82. The minimum atomic E-state index is -7.14. The fraction of sp³-hybridized carbons (Fsp3) is 1.00. The minimum absolute atomic E-state index is 2.00. The van der Waals surface area contributed by atoms with Gasteiger partial charge in [0, 0.05) is 0 Å². The van der Waals surface area contributed by atoms with E-state index in [-0.39, 0.29) is 0 Å². The number of nitrogens with one attached hydrogen (secondary N) is 2. The second-order valence-electron chi connectivity index (χ2n) is 2.26. The van der Waals surface area contributed by atoms with Gasteiger partial charge in [0.1, 0.15) is 11.1 Å². The number of halogens is 10. The third kappa shape index (κ3) is 3.54. The smallest absolute Gasteiger partial charge is 0.189 e. The molecule has 0 bridgehead atoms. The van der Waals surface area contributed by atoms with Crippen molar-refractivity contribution in [2.75, 3.05) is 0 Å². The normalized spacial score (nSPS) is 13.5. The van der Waals surface area contributed by atoms with E-state index < -0.39 is 24.2 Å². The van der Waals surface area contributed by atoms with Crippen LogP contribution >= 0.6 is 0 Å². The van der Waals surface area contributed by atoms with Gasteiger partial charge in [-0.1, -0.05) is 0 Å². The van der Waals surface area contributed by atoms with Gasteiger partial charge >= 0.3 is 24.2 Å². The van der Waals surface area contributed by atoms with Crippen molar-refractivity contribution in [3.63, 3.8) is 0 Å². The first-order valence-corrected chi connectivity index (χ1v) is 3.09. The van der Waals surface area contributed by atoms with Gasteiger partial charge < -0.3 is 0 Å². The molecular formula is C4H2F10N3+. The number of hydrogen-bond acceptors (Lipinski definition) is 2. The summed E-state index contributed by atoms with van der Waals surface area (Å²) < 4.78 is 113. The number of hydrogen-bond donors (Lipinski definition) is 2. The largest absolute Gasteiger partial charge is 0.460 e. The highest BCUT2D eigenvalue weighted by molar-refractivity contribution is 4.95. The van der Waals surface area contributed by atoms with Gasteiger partial charge in [0.05, 0.1) is 0 Å². The number of alkyl halides is 10. The van der Waals surface area contributed by atoms with Crippen LogP contribution < -0.4 is 4.91 Å². The molecular weight excluding hydrogens is 280 g/mol. The van der Waals surface area contributed by atoms with Crippen LogP contribution in [0.3, 0.4) is 0 Å². The fourth-order valence-electron chi connectivity index (χ4n) is 0.356. The molecule has 0 aromatic heterocycles. The standard InChI is InChI=1S/C4F10.H2N3/c5-1(6,3(9,10)11)2(7,8)4(12,13)14;1-3-2/h;1-2H/q;+1. The lowest BCUT2D eigenvalue weighted by molar-refractivity contribution is -0.419. The zero-order valence-corrected chi connectivity index (χ0v) is 7.23. The Labute approximate surface area is 85.4 Å². The molecule has 3 nitrogen and oxygen atoms in total. The lowest BCUT2D eigenvalue weighted by atomic mass is 10.1. The molecule has 17 heavy (non-hydrogen) atoms. The summed E-state index contributed by atoms with van der Waals surface area (Å²) in [7, 11) is 0. The molecule has 102 valence electrons. The van der Waals surface area contributed by atoms with E-state index in [2.05, 4.69) is 0 Å². The van der Waals surface area contributed by atoms with Crippen LogP contribution in [0.5, 0.6) is 0 Å². The van der Waals surface area contributed by atoms with Crippen LogP contribution in [0.2, 0.25) is 0 Å². The van der Waals surface area contributed by atoms with Crippen LogP contribution in [-0.4, -0.2) is 24.2 Å². The van der Waals surface area contributed by atoms with Gasteiger partial charge in [-0.15, -0.1) is 0 Å². The van der Waals surface area contributed by atoms with Gasteiger partial charge in [-0.3, -0.25) is 0 Å². The quantitative estimate of drug-likeness (QED) is 0.420. The molecule has 0 aromatic rings. The molecule has 0 radical (unpaired) electrons. The maximum absolute atomic E-state index is 11.6. The average Bonchev–Trinajstić information content (AvgIpc) is 2.00. The van der Waals surface area contributed by atoms with Crippen molar-refractivity contribution in [1.82, 2.24) is 4.91 Å². The summed E-state index contributed by atoms with van der Waals surface area (Å²) in [5.74, 6) is -14.3. The third-order valence-corrected chi connectivity index (χ3v) is 1.11. The zero-order chi connectivity index (χ0) is 14.7. The van der Waals surface area contributed by atoms with Crippen molar-refractivity contribution in [3.05, 3.63) is 0 Å². The lowest BCUT2D eigenvalue weighted by Crippen LogP contribution is -2.59. The Kier molecular flexibility index (Phi) is 5.14. The molecule has 0 aliphatic carbocycles. The fourth-order valence-corrected chi connectivity index (χ4v) is 0.356. The first kappa shape index (κ1) is 18.0. The van der Waals surface area contributed by atoms with E-state index in [1.165, 1.54) is 0 Å². The molecule has 0 fully saturated rings. The van der Waals surface area contributed by atoms with E-state index in [9.17, 15) is 43.9 Å². The highest BCUT2D eigenvalue weighted by Crippen LogP contribution is 2.53. The summed E-state index contributed by atoms with van der Waals surface area (Å²) in [6, 6.07) is 0. The van der Waals surface area contributed by atoms with Gasteiger partial charge in [-0.25, -0.2) is 0 Å². The van der Waals surface area contributed by atoms with E-state index in [4.69, 9.17) is 11.1 Å². The Morgan fingerprint density at radius 1 is 0.529 bits per heavy atom. The van der Waals surface area contributed by atoms with Crippen LogP contribution in [0.15, 0.2) is 0 Å². The van der Waals surface area contributed by atoms with Crippen molar-refractivity contribution >= 4 is 0 Å². The summed E-state index contributed by atoms with van der Waals surface area (Å²) in [4.78, 5) is 2.00. The first-order chi connectivity index (χ1) is 7.16. The van der Waals surface area contributed by atoms with Crippen molar-refractivity contribution < 1.29 is 43.9 Å². The zero-order valence-electron chi connectivity index (χ0n) is 7.23. The topological polar surface area (TPSA) is 61.8 Å². The molecule has 0 aliphatic rings. The van der Waals surface area contributed by atoms with Crippen LogP contribution in [-0.2, 0) is 0 Å². The molecule has 0 saturated heterocycles. The maximum atomic E-state index is 11.6. The highest BCUT2D eigenvalue weighted by atomic mass is 19.4. The molecule has 0 aliphatic heterocycles. The van der Waals surface area contributed by atoms with E-state index >= 15 is 0 Å². The summed E-state index contributed by atoms with van der Waals surface area (Å²) in [6.45, 7) is 0. The molecule has 13 heteroatoms. The van der Waals surface area contributed by atoms with Gasteiger partial charge in [0.2, 0.25) is 4.91 Å². The van der Waals surface area contributed by atoms with Crippen molar-refractivity contribution in [2.24, 2.45) is 0 Å². The van der Waals surface area contributed by atoms with Crippen LogP contribution in [0, 0.1) is 11.1 Å². The summed E-state index contributed by atoms with van der Waals surface area (Å²) in [5, 5.41) is 0. The Balaban J connectivity index is 0. The second kappa shape index (κ2) is 4.85. The maximum Gasteiger partial charge on any atom is 0.460 e. The van der Waals surface area contributed by atoms with Crippen molar-refractivity contribution in [3.8, 4) is 0 Å². The van der Waals surface area contributed by atoms with Gasteiger partial charge in [0.15, 0.2) is 0 Å². The molecule has 0 spiro atoms. The molecule has 0 amide bonds. The number of nitrogens with zero attached hydrogens (tertiary/aromatic N) is 1. The third-order valence-electron chi connectivity index (χ3n) is 1.11. The predicted molar refractivity (Wildman–Crippen MR) is 29.6 cm³/mol. The molecule has 2 N–H and O–H groups in total. The van der Waals surface area contributed by atoms with Gasteiger partial charge in [-0.05, 0) is 0 Å². The van der Waals surface area contributed by atoms with Crippen molar-refractivity contribution in [1.29, 1.82) is 11.1 Å². The molecule has 0 aromatic carbocycles. The SMILES string of the molecule is FC(F)(F)C(F)(F)C(F)(F)C(F)(F)F.N=[N+]=N. The van der Waals surface area contributed by atoms with Gasteiger partial charge in [0.25, 0.3) is 0 Å². The predicted octanol–water partition coefficient (Wildman–Crippen LogP) is 3.50. The van der Waals surface area contributed by atoms with Crippen LogP contribution in [0.25, 0.3) is 0 Å². The molecule has 0 heterocycles. The molecule has 0 atom stereocenters. The summed E-state index contributed by atoms with van der Waals surface area (Å²) >= 11 is 0. The summed E-state index contributed by atoms with van der Waals surface area (Å²) in [6.07, 6.45) is -13.9. The van der Waals surface area contributed by atoms with E-state index in [1.807, 2.05) is 4.91 Å². The van der Waals surface area contributed by atoms with E-state index in [1.54, 1.807) is 0 Å². The Hall–Kier alpha value is -1.39. The minimum Gasteiger partial charge on any atom is -0.189 e. The average molecular weight is 282 g/mol. The Morgan fingerprint density at radius 3 is 0.706 bits per heavy atom. The van der Waals surface area contributed by atoms with Crippen LogP contribution in [0.1, 0.15) is 0 Å².